The van der Waals surface area contributed by atoms with Crippen molar-refractivity contribution in [3.8, 4) is 11.3 Å². The van der Waals surface area contributed by atoms with E-state index >= 15 is 0 Å². The number of imidazole rings is 1. The molecule has 1 aromatic heterocycles. The van der Waals surface area contributed by atoms with E-state index in [0.29, 0.717) is 5.82 Å². The molecule has 2 rings (SSSR count). The lowest BCUT2D eigenvalue weighted by Gasteiger charge is -2.08. The molecule has 0 fully saturated rings. The number of aryl methyl sites for hydroxylation is 1. The lowest BCUT2D eigenvalue weighted by atomic mass is 10.1. The summed E-state index contributed by atoms with van der Waals surface area (Å²) in [6.45, 7) is 9.87. The number of benzene rings is 1. The van der Waals surface area contributed by atoms with Gasteiger partial charge in [0, 0.05) is 11.8 Å². The highest BCUT2D eigenvalue weighted by Gasteiger charge is 2.19. The van der Waals surface area contributed by atoms with Crippen LogP contribution >= 0.6 is 0 Å². The number of nitrogens with zero attached hydrogens (tertiary/aromatic N) is 2. The summed E-state index contributed by atoms with van der Waals surface area (Å²) in [6, 6.07) is 8.09. The van der Waals surface area contributed by atoms with Gasteiger partial charge in [0.2, 0.25) is 0 Å². The lowest BCUT2D eigenvalue weighted by Crippen LogP contribution is -2.09. The second-order valence-corrected chi connectivity index (χ2v) is 5.66. The van der Waals surface area contributed by atoms with E-state index in [1.807, 2.05) is 55.8 Å². The van der Waals surface area contributed by atoms with Crippen LogP contribution in [0, 0.1) is 6.92 Å². The molecule has 0 bridgehead atoms. The van der Waals surface area contributed by atoms with Crippen LogP contribution in [0.4, 0.5) is 0 Å². The first-order chi connectivity index (χ1) is 11.0. The van der Waals surface area contributed by atoms with Crippen molar-refractivity contribution in [1.29, 1.82) is 0 Å². The fourth-order valence-corrected chi connectivity index (χ4v) is 2.35. The minimum atomic E-state index is -0.294. The third-order valence-corrected chi connectivity index (χ3v) is 3.47. The number of allylic oxidation sites excluding steroid dienone is 1. The zero-order valence-corrected chi connectivity index (χ0v) is 14.1. The van der Waals surface area contributed by atoms with Crippen molar-refractivity contribution in [2.24, 2.45) is 0 Å². The van der Waals surface area contributed by atoms with Crippen LogP contribution < -0.4 is 0 Å². The Hall–Kier alpha value is -2.62. The van der Waals surface area contributed by atoms with Gasteiger partial charge in [-0.3, -0.25) is 4.79 Å². The van der Waals surface area contributed by atoms with Crippen LogP contribution in [0.1, 0.15) is 30.9 Å². The molecule has 0 saturated heterocycles. The molecule has 0 aliphatic carbocycles. The standard InChI is InChI=1S/C19H22N2O2/c1-6-17-20-19(15-9-7-14(4)8-10-15)16(11-18(22)23-5)21(17)12-13(2)3/h6-10,12H,1,11H2,2-5H3. The van der Waals surface area contributed by atoms with Gasteiger partial charge in [0.15, 0.2) is 0 Å². The van der Waals surface area contributed by atoms with Gasteiger partial charge in [0.05, 0.1) is 24.9 Å². The first-order valence-corrected chi connectivity index (χ1v) is 7.48. The molecule has 0 aliphatic rings. The van der Waals surface area contributed by atoms with Crippen molar-refractivity contribution in [2.75, 3.05) is 7.11 Å². The average Bonchev–Trinajstić information content (AvgIpc) is 2.85. The van der Waals surface area contributed by atoms with Crippen LogP contribution in [0.5, 0.6) is 0 Å². The molecular weight excluding hydrogens is 288 g/mol. The zero-order chi connectivity index (χ0) is 17.0. The summed E-state index contributed by atoms with van der Waals surface area (Å²) in [5, 5.41) is 0. The number of methoxy groups -OCH3 is 1. The summed E-state index contributed by atoms with van der Waals surface area (Å²) in [4.78, 5) is 16.5. The van der Waals surface area contributed by atoms with Crippen LogP contribution in [0.15, 0.2) is 36.4 Å². The quantitative estimate of drug-likeness (QED) is 0.781. The molecule has 120 valence electrons. The molecule has 1 aromatic carbocycles. The Bertz CT molecular complexity index is 748. The summed E-state index contributed by atoms with van der Waals surface area (Å²) in [7, 11) is 1.39. The lowest BCUT2D eigenvalue weighted by molar-refractivity contribution is -0.139. The Morgan fingerprint density at radius 3 is 2.48 bits per heavy atom. The van der Waals surface area contributed by atoms with Gasteiger partial charge in [0.25, 0.3) is 0 Å². The maximum absolute atomic E-state index is 11.8. The predicted molar refractivity (Wildman–Crippen MR) is 93.8 cm³/mol. The fourth-order valence-electron chi connectivity index (χ4n) is 2.35. The second-order valence-electron chi connectivity index (χ2n) is 5.66. The largest absolute Gasteiger partial charge is 0.469 e. The second kappa shape index (κ2) is 7.09. The molecule has 0 radical (unpaired) electrons. The number of aromatic nitrogens is 2. The topological polar surface area (TPSA) is 44.1 Å². The van der Waals surface area contributed by atoms with E-state index in [9.17, 15) is 4.79 Å². The maximum Gasteiger partial charge on any atom is 0.311 e. The summed E-state index contributed by atoms with van der Waals surface area (Å²) in [6.07, 6.45) is 3.81. The molecule has 4 heteroatoms. The Balaban J connectivity index is 2.67. The van der Waals surface area contributed by atoms with Gasteiger partial charge in [0.1, 0.15) is 5.82 Å². The number of rotatable bonds is 5. The first kappa shape index (κ1) is 16.7. The SMILES string of the molecule is C=Cc1nc(-c2ccc(C)cc2)c(CC(=O)OC)n1C=C(C)C. The molecule has 0 unspecified atom stereocenters. The van der Waals surface area contributed by atoms with Crippen molar-refractivity contribution in [1.82, 2.24) is 9.55 Å². The van der Waals surface area contributed by atoms with E-state index in [1.165, 1.54) is 12.7 Å². The van der Waals surface area contributed by atoms with Gasteiger partial charge in [-0.15, -0.1) is 0 Å². The van der Waals surface area contributed by atoms with E-state index in [2.05, 4.69) is 11.6 Å². The van der Waals surface area contributed by atoms with E-state index in [1.54, 1.807) is 6.08 Å². The Kier molecular flexibility index (Phi) is 5.16. The highest BCUT2D eigenvalue weighted by atomic mass is 16.5. The number of carbonyl (C=O) groups is 1. The van der Waals surface area contributed by atoms with Crippen molar-refractivity contribution >= 4 is 18.2 Å². The van der Waals surface area contributed by atoms with Crippen LogP contribution in [-0.4, -0.2) is 22.6 Å². The third-order valence-electron chi connectivity index (χ3n) is 3.47. The predicted octanol–water partition coefficient (Wildman–Crippen LogP) is 4.10. The van der Waals surface area contributed by atoms with Gasteiger partial charge >= 0.3 is 5.97 Å². The monoisotopic (exact) mass is 310 g/mol. The molecular formula is C19H22N2O2. The molecule has 2 aromatic rings. The van der Waals surface area contributed by atoms with Gasteiger partial charge in [-0.1, -0.05) is 42.0 Å². The van der Waals surface area contributed by atoms with Crippen LogP contribution in [0.2, 0.25) is 0 Å². The van der Waals surface area contributed by atoms with Crippen molar-refractivity contribution < 1.29 is 9.53 Å². The molecule has 23 heavy (non-hydrogen) atoms. The fraction of sp³-hybridized carbons (Fsp3) is 0.263. The normalized spacial score (nSPS) is 10.3. The number of hydrogen-bond donors (Lipinski definition) is 0. The Labute approximate surface area is 137 Å². The highest BCUT2D eigenvalue weighted by molar-refractivity contribution is 5.77. The van der Waals surface area contributed by atoms with E-state index in [4.69, 9.17) is 4.74 Å². The molecule has 0 N–H and O–H groups in total. The Morgan fingerprint density at radius 1 is 1.30 bits per heavy atom. The van der Waals surface area contributed by atoms with Crippen molar-refractivity contribution in [3.05, 3.63) is 53.5 Å². The summed E-state index contributed by atoms with van der Waals surface area (Å²) >= 11 is 0. The molecule has 0 saturated carbocycles. The van der Waals surface area contributed by atoms with Crippen LogP contribution in [0.25, 0.3) is 23.5 Å². The van der Waals surface area contributed by atoms with Crippen molar-refractivity contribution in [2.45, 2.75) is 27.2 Å². The van der Waals surface area contributed by atoms with Gasteiger partial charge in [-0.2, -0.15) is 0 Å². The molecule has 0 aliphatic heterocycles. The summed E-state index contributed by atoms with van der Waals surface area (Å²) < 4.78 is 6.75. The molecule has 1 heterocycles. The third kappa shape index (κ3) is 3.77. The average molecular weight is 310 g/mol. The molecule has 0 spiro atoms. The first-order valence-electron chi connectivity index (χ1n) is 7.48. The van der Waals surface area contributed by atoms with Crippen LogP contribution in [-0.2, 0) is 16.0 Å². The number of ether oxygens (including phenoxy) is 1. The van der Waals surface area contributed by atoms with Crippen LogP contribution in [0.3, 0.4) is 0 Å². The zero-order valence-electron chi connectivity index (χ0n) is 14.1. The van der Waals surface area contributed by atoms with E-state index < -0.39 is 0 Å². The van der Waals surface area contributed by atoms with Gasteiger partial charge in [-0.25, -0.2) is 4.98 Å². The highest BCUT2D eigenvalue weighted by Crippen LogP contribution is 2.27. The minimum Gasteiger partial charge on any atom is -0.469 e. The maximum atomic E-state index is 11.8. The summed E-state index contributed by atoms with van der Waals surface area (Å²) in [5.74, 6) is 0.415. The molecule has 0 amide bonds. The van der Waals surface area contributed by atoms with E-state index in [0.717, 1.165) is 22.5 Å². The number of hydrogen-bond acceptors (Lipinski definition) is 3. The van der Waals surface area contributed by atoms with Gasteiger partial charge in [-0.05, 0) is 26.8 Å². The number of carbonyl (C=O) groups excluding carboxylic acids is 1. The molecule has 4 nitrogen and oxygen atoms in total. The van der Waals surface area contributed by atoms with E-state index in [-0.39, 0.29) is 12.4 Å². The smallest absolute Gasteiger partial charge is 0.311 e. The minimum absolute atomic E-state index is 0.157. The van der Waals surface area contributed by atoms with Crippen molar-refractivity contribution in [3.63, 3.8) is 0 Å². The number of esters is 1. The molecule has 0 atom stereocenters. The van der Waals surface area contributed by atoms with Gasteiger partial charge < -0.3 is 9.30 Å². The Morgan fingerprint density at radius 2 is 1.96 bits per heavy atom. The summed E-state index contributed by atoms with van der Waals surface area (Å²) in [5.41, 5.74) is 4.83.